The third kappa shape index (κ3) is 5.10. The summed E-state index contributed by atoms with van der Waals surface area (Å²) < 4.78 is 6.75. The molecule has 5 nitrogen and oxygen atoms in total. The Morgan fingerprint density at radius 3 is 2.42 bits per heavy atom. The lowest BCUT2D eigenvalue weighted by Crippen LogP contribution is -2.27. The van der Waals surface area contributed by atoms with Crippen LogP contribution in [0.1, 0.15) is 35.5 Å². The first-order valence-electron chi connectivity index (χ1n) is 8.35. The molecule has 1 aromatic carbocycles. The van der Waals surface area contributed by atoms with Gasteiger partial charge in [0.2, 0.25) is 0 Å². The molecule has 1 N–H and O–H groups in total. The van der Waals surface area contributed by atoms with Crippen LogP contribution in [0, 0.1) is 0 Å². The highest BCUT2D eigenvalue weighted by Crippen LogP contribution is 2.18. The average molecular weight is 397 g/mol. The lowest BCUT2D eigenvalue weighted by atomic mass is 10.1. The first kappa shape index (κ1) is 20.5. The van der Waals surface area contributed by atoms with E-state index in [2.05, 4.69) is 5.32 Å². The number of carbonyl (C=O) groups is 1. The summed E-state index contributed by atoms with van der Waals surface area (Å²) in [6.45, 7) is 4.52. The van der Waals surface area contributed by atoms with Gasteiger partial charge >= 0.3 is 5.97 Å². The van der Waals surface area contributed by atoms with E-state index in [9.17, 15) is 9.59 Å². The number of hydrogen-bond donors (Lipinski definition) is 1. The van der Waals surface area contributed by atoms with Crippen molar-refractivity contribution in [3.63, 3.8) is 0 Å². The molecule has 0 unspecified atom stereocenters. The number of nitrogens with one attached hydrogen (secondary N) is 1. The van der Waals surface area contributed by atoms with Crippen molar-refractivity contribution in [3.05, 3.63) is 67.6 Å². The quantitative estimate of drug-likeness (QED) is 0.725. The molecule has 0 saturated heterocycles. The van der Waals surface area contributed by atoms with E-state index in [1.54, 1.807) is 23.7 Å². The van der Waals surface area contributed by atoms with Crippen molar-refractivity contribution in [1.82, 2.24) is 9.88 Å². The minimum Gasteiger partial charge on any atom is -0.459 e. The number of aryl methyl sites for hydroxylation is 1. The molecule has 26 heavy (non-hydrogen) atoms. The zero-order chi connectivity index (χ0) is 19.3. The van der Waals surface area contributed by atoms with Crippen molar-refractivity contribution in [1.29, 1.82) is 0 Å². The summed E-state index contributed by atoms with van der Waals surface area (Å²) in [6, 6.07) is 8.63. The summed E-state index contributed by atoms with van der Waals surface area (Å²) in [4.78, 5) is 24.2. The number of pyridine rings is 1. The molecule has 0 radical (unpaired) electrons. The van der Waals surface area contributed by atoms with Gasteiger partial charge in [-0.2, -0.15) is 0 Å². The molecular formula is C19H22Cl2N2O3. The fraction of sp³-hybridized carbons (Fsp3) is 0.368. The maximum Gasteiger partial charge on any atom is 0.338 e. The van der Waals surface area contributed by atoms with E-state index < -0.39 is 0 Å². The highest BCUT2D eigenvalue weighted by molar-refractivity contribution is 6.34. The fourth-order valence-corrected chi connectivity index (χ4v) is 3.10. The molecule has 0 spiro atoms. The molecule has 1 heterocycles. The summed E-state index contributed by atoms with van der Waals surface area (Å²) in [6.07, 6.45) is 0.444. The van der Waals surface area contributed by atoms with Gasteiger partial charge in [-0.05, 0) is 51.1 Å². The number of aromatic nitrogens is 1. The van der Waals surface area contributed by atoms with Gasteiger partial charge in [0.25, 0.3) is 5.56 Å². The van der Waals surface area contributed by atoms with Crippen molar-refractivity contribution in [2.75, 3.05) is 7.05 Å². The SMILES string of the molecule is CNCc1c(Cl)cc(Cl)c(=O)n1CCc1ccc(C(=O)OC(C)C)cc1. The predicted molar refractivity (Wildman–Crippen MR) is 104 cm³/mol. The van der Waals surface area contributed by atoms with Gasteiger partial charge < -0.3 is 14.6 Å². The number of halogens is 2. The number of esters is 1. The first-order chi connectivity index (χ1) is 12.3. The van der Waals surface area contributed by atoms with Crippen LogP contribution in [0.15, 0.2) is 35.1 Å². The highest BCUT2D eigenvalue weighted by atomic mass is 35.5. The molecule has 2 rings (SSSR count). The van der Waals surface area contributed by atoms with Crippen LogP contribution in [-0.4, -0.2) is 23.7 Å². The van der Waals surface area contributed by atoms with Gasteiger partial charge in [-0.25, -0.2) is 4.79 Å². The number of nitrogens with zero attached hydrogens (tertiary/aromatic N) is 1. The van der Waals surface area contributed by atoms with Crippen molar-refractivity contribution < 1.29 is 9.53 Å². The first-order valence-corrected chi connectivity index (χ1v) is 9.11. The predicted octanol–water partition coefficient (Wildman–Crippen LogP) is 3.68. The lowest BCUT2D eigenvalue weighted by Gasteiger charge is -2.15. The van der Waals surface area contributed by atoms with Crippen LogP contribution < -0.4 is 10.9 Å². The molecule has 0 bridgehead atoms. The molecule has 7 heteroatoms. The average Bonchev–Trinajstić information content (AvgIpc) is 2.59. The van der Waals surface area contributed by atoms with Crippen LogP contribution >= 0.6 is 23.2 Å². The van der Waals surface area contributed by atoms with Gasteiger partial charge in [0.05, 0.1) is 22.4 Å². The van der Waals surface area contributed by atoms with Crippen LogP contribution in [0.2, 0.25) is 10.0 Å². The van der Waals surface area contributed by atoms with E-state index in [4.69, 9.17) is 27.9 Å². The molecule has 2 aromatic rings. The Morgan fingerprint density at radius 1 is 1.19 bits per heavy atom. The van der Waals surface area contributed by atoms with E-state index in [0.717, 1.165) is 5.56 Å². The Kier molecular flexibility index (Phi) is 7.26. The lowest BCUT2D eigenvalue weighted by molar-refractivity contribution is 0.0378. The Bertz CT molecular complexity index is 830. The van der Waals surface area contributed by atoms with Crippen molar-refractivity contribution >= 4 is 29.2 Å². The van der Waals surface area contributed by atoms with E-state index in [0.29, 0.717) is 35.8 Å². The summed E-state index contributed by atoms with van der Waals surface area (Å²) >= 11 is 12.2. The monoisotopic (exact) mass is 396 g/mol. The molecule has 0 aliphatic heterocycles. The van der Waals surface area contributed by atoms with Crippen LogP contribution in [0.3, 0.4) is 0 Å². The maximum absolute atomic E-state index is 12.4. The van der Waals surface area contributed by atoms with Gasteiger partial charge in [-0.3, -0.25) is 4.79 Å². The molecule has 1 aromatic heterocycles. The summed E-state index contributed by atoms with van der Waals surface area (Å²) in [5.41, 5.74) is 1.92. The molecule has 0 aliphatic carbocycles. The van der Waals surface area contributed by atoms with Gasteiger partial charge in [0, 0.05) is 13.1 Å². The molecule has 0 atom stereocenters. The van der Waals surface area contributed by atoms with Crippen LogP contribution in [-0.2, 0) is 24.2 Å². The second-order valence-electron chi connectivity index (χ2n) is 6.18. The number of hydrogen-bond acceptors (Lipinski definition) is 4. The van der Waals surface area contributed by atoms with E-state index in [1.807, 2.05) is 26.0 Å². The smallest absolute Gasteiger partial charge is 0.338 e. The largest absolute Gasteiger partial charge is 0.459 e. The minimum absolute atomic E-state index is 0.0987. The van der Waals surface area contributed by atoms with E-state index in [-0.39, 0.29) is 22.7 Å². The Balaban J connectivity index is 2.16. The zero-order valence-corrected chi connectivity index (χ0v) is 16.5. The normalized spacial score (nSPS) is 11.0. The zero-order valence-electron chi connectivity index (χ0n) is 15.0. The van der Waals surface area contributed by atoms with E-state index >= 15 is 0 Å². The third-order valence-electron chi connectivity index (χ3n) is 3.81. The fourth-order valence-electron chi connectivity index (χ4n) is 2.55. The highest BCUT2D eigenvalue weighted by Gasteiger charge is 2.13. The second-order valence-corrected chi connectivity index (χ2v) is 6.99. The number of carbonyl (C=O) groups excluding carboxylic acids is 1. The number of rotatable bonds is 7. The molecule has 140 valence electrons. The Morgan fingerprint density at radius 2 is 1.85 bits per heavy atom. The number of benzene rings is 1. The van der Waals surface area contributed by atoms with Crippen molar-refractivity contribution in [3.8, 4) is 0 Å². The van der Waals surface area contributed by atoms with Crippen LogP contribution in [0.4, 0.5) is 0 Å². The number of ether oxygens (including phenoxy) is 1. The van der Waals surface area contributed by atoms with Gasteiger partial charge in [-0.15, -0.1) is 0 Å². The van der Waals surface area contributed by atoms with E-state index in [1.165, 1.54) is 6.07 Å². The molecular weight excluding hydrogens is 375 g/mol. The van der Waals surface area contributed by atoms with Crippen LogP contribution in [0.5, 0.6) is 0 Å². The molecule has 0 fully saturated rings. The third-order valence-corrected chi connectivity index (χ3v) is 4.40. The molecule has 0 amide bonds. The second kappa shape index (κ2) is 9.21. The summed E-state index contributed by atoms with van der Waals surface area (Å²) in [7, 11) is 1.79. The summed E-state index contributed by atoms with van der Waals surface area (Å²) in [5, 5.41) is 3.56. The van der Waals surface area contributed by atoms with Gasteiger partial charge in [0.15, 0.2) is 0 Å². The topological polar surface area (TPSA) is 60.3 Å². The van der Waals surface area contributed by atoms with Gasteiger partial charge in [0.1, 0.15) is 5.02 Å². The standard InChI is InChI=1S/C19H22Cl2N2O3/c1-12(2)26-19(25)14-6-4-13(5-7-14)8-9-23-17(11-22-3)15(20)10-16(21)18(23)24/h4-7,10,12,22H,8-9,11H2,1-3H3. The maximum atomic E-state index is 12.4. The Hall–Kier alpha value is -1.82. The van der Waals surface area contributed by atoms with Crippen molar-refractivity contribution in [2.45, 2.75) is 39.5 Å². The Labute approximate surface area is 162 Å². The molecule has 0 aliphatic rings. The summed E-state index contributed by atoms with van der Waals surface area (Å²) in [5.74, 6) is -0.347. The van der Waals surface area contributed by atoms with Gasteiger partial charge in [-0.1, -0.05) is 35.3 Å². The van der Waals surface area contributed by atoms with Crippen LogP contribution in [0.25, 0.3) is 0 Å². The van der Waals surface area contributed by atoms with Crippen molar-refractivity contribution in [2.24, 2.45) is 0 Å². The minimum atomic E-state index is -0.347. The molecule has 0 saturated carbocycles.